The minimum atomic E-state index is -4.03. The van der Waals surface area contributed by atoms with Crippen LogP contribution >= 0.6 is 0 Å². The first-order valence-electron chi connectivity index (χ1n) is 11.4. The van der Waals surface area contributed by atoms with E-state index in [0.717, 1.165) is 4.90 Å². The van der Waals surface area contributed by atoms with E-state index in [0.29, 0.717) is 28.5 Å². The number of nitrogens with two attached hydrogens (primary N) is 1. The third kappa shape index (κ3) is 5.61. The number of carbonyl (C=O) groups excluding carboxylic acids is 1. The SMILES string of the molecule is Cc1cnc(Nc2cccc(S(N)(=O)=O)c2)nc1Nc1ccc2c(c1)N(Cc1ccccn1)C(=O)C(F)(F)O2. The van der Waals surface area contributed by atoms with E-state index in [1.54, 1.807) is 37.4 Å². The second kappa shape index (κ2) is 9.89. The van der Waals surface area contributed by atoms with Crippen LogP contribution < -0.4 is 25.4 Å². The van der Waals surface area contributed by atoms with Gasteiger partial charge in [-0.2, -0.15) is 13.8 Å². The number of aryl methyl sites for hydroxylation is 1. The van der Waals surface area contributed by atoms with Crippen LogP contribution in [-0.2, 0) is 21.4 Å². The molecule has 2 aromatic carbocycles. The number of halogens is 2. The molecule has 0 atom stereocenters. The summed E-state index contributed by atoms with van der Waals surface area (Å²) in [5, 5.41) is 11.2. The number of alkyl halides is 2. The third-order valence-electron chi connectivity index (χ3n) is 5.68. The topological polar surface area (TPSA) is 152 Å². The number of fused-ring (bicyclic) bond motifs is 1. The summed E-state index contributed by atoms with van der Waals surface area (Å²) in [5.74, 6) is -1.15. The average molecular weight is 554 g/mol. The molecule has 3 heterocycles. The molecule has 4 aromatic rings. The Balaban J connectivity index is 1.43. The average Bonchev–Trinajstić information content (AvgIpc) is 2.89. The van der Waals surface area contributed by atoms with Crippen LogP contribution in [0, 0.1) is 6.92 Å². The summed E-state index contributed by atoms with van der Waals surface area (Å²) in [6, 6.07) is 15.2. The highest BCUT2D eigenvalue weighted by molar-refractivity contribution is 7.89. The lowest BCUT2D eigenvalue weighted by molar-refractivity contribution is -0.193. The number of amides is 1. The van der Waals surface area contributed by atoms with Gasteiger partial charge in [-0.15, -0.1) is 0 Å². The molecule has 2 aromatic heterocycles. The lowest BCUT2D eigenvalue weighted by atomic mass is 10.1. The Morgan fingerprint density at radius 2 is 1.82 bits per heavy atom. The van der Waals surface area contributed by atoms with Crippen molar-refractivity contribution >= 4 is 44.8 Å². The molecule has 0 saturated carbocycles. The van der Waals surface area contributed by atoms with Crippen molar-refractivity contribution < 1.29 is 26.7 Å². The number of hydrogen-bond donors (Lipinski definition) is 3. The maximum atomic E-state index is 14.3. The number of nitrogens with zero attached hydrogens (tertiary/aromatic N) is 4. The molecule has 0 radical (unpaired) electrons. The van der Waals surface area contributed by atoms with E-state index in [-0.39, 0.29) is 28.8 Å². The van der Waals surface area contributed by atoms with Gasteiger partial charge in [0.25, 0.3) is 0 Å². The first-order valence-corrected chi connectivity index (χ1v) is 13.0. The monoisotopic (exact) mass is 553 g/mol. The second-order valence-corrected chi connectivity index (χ2v) is 10.1. The summed E-state index contributed by atoms with van der Waals surface area (Å²) < 4.78 is 56.7. The standard InChI is InChI=1S/C25H21F2N7O4S/c1-15-13-30-24(32-16-6-4-7-19(11-16)39(28,36)37)33-22(15)31-17-8-9-21-20(12-17)34(23(35)25(26,27)38-21)14-18-5-2-3-10-29-18/h2-13H,14H2,1H3,(H2,28,36,37)(H2,30,31,32,33). The number of aromatic nitrogens is 3. The Kier molecular flexibility index (Phi) is 6.57. The highest BCUT2D eigenvalue weighted by Gasteiger charge is 2.50. The Hall–Kier alpha value is -4.69. The number of benzene rings is 2. The molecule has 1 amide bonds. The molecule has 1 aliphatic rings. The number of hydrogen-bond acceptors (Lipinski definition) is 9. The Labute approximate surface area is 221 Å². The predicted octanol–water partition coefficient (Wildman–Crippen LogP) is 3.83. The number of primary sulfonamides is 1. The molecule has 5 rings (SSSR count). The fraction of sp³-hybridized carbons (Fsp3) is 0.120. The fourth-order valence-electron chi connectivity index (χ4n) is 3.80. The molecule has 0 aliphatic carbocycles. The van der Waals surface area contributed by atoms with E-state index in [2.05, 4.69) is 30.3 Å². The summed E-state index contributed by atoms with van der Waals surface area (Å²) in [6.07, 6.45) is -0.979. The molecule has 4 N–H and O–H groups in total. The van der Waals surface area contributed by atoms with Gasteiger partial charge in [-0.05, 0) is 55.5 Å². The normalized spacial score (nSPS) is 14.4. The lowest BCUT2D eigenvalue weighted by Gasteiger charge is -2.33. The van der Waals surface area contributed by atoms with Gasteiger partial charge in [0.15, 0.2) is 5.75 Å². The van der Waals surface area contributed by atoms with E-state index >= 15 is 0 Å². The Bertz CT molecular complexity index is 1670. The van der Waals surface area contributed by atoms with Gasteiger partial charge in [-0.3, -0.25) is 14.7 Å². The summed E-state index contributed by atoms with van der Waals surface area (Å²) in [4.78, 5) is 26.2. The number of ether oxygens (including phenoxy) is 1. The lowest BCUT2D eigenvalue weighted by Crippen LogP contribution is -2.50. The van der Waals surface area contributed by atoms with Crippen molar-refractivity contribution in [1.29, 1.82) is 0 Å². The van der Waals surface area contributed by atoms with Gasteiger partial charge in [0.1, 0.15) is 5.82 Å². The fourth-order valence-corrected chi connectivity index (χ4v) is 4.36. The minimum Gasteiger partial charge on any atom is -0.423 e. The molecule has 0 fully saturated rings. The zero-order valence-corrected chi connectivity index (χ0v) is 21.1. The maximum absolute atomic E-state index is 14.3. The van der Waals surface area contributed by atoms with Crippen molar-refractivity contribution in [1.82, 2.24) is 15.0 Å². The first kappa shape index (κ1) is 25.9. The van der Waals surface area contributed by atoms with E-state index in [4.69, 9.17) is 5.14 Å². The van der Waals surface area contributed by atoms with Gasteiger partial charge >= 0.3 is 12.0 Å². The molecule has 200 valence electrons. The zero-order chi connectivity index (χ0) is 27.8. The third-order valence-corrected chi connectivity index (χ3v) is 6.59. The first-order chi connectivity index (χ1) is 18.5. The van der Waals surface area contributed by atoms with Gasteiger partial charge in [0.2, 0.25) is 16.0 Å². The van der Waals surface area contributed by atoms with Crippen molar-refractivity contribution in [2.75, 3.05) is 15.5 Å². The van der Waals surface area contributed by atoms with Crippen molar-refractivity contribution in [2.24, 2.45) is 5.14 Å². The van der Waals surface area contributed by atoms with E-state index in [9.17, 15) is 22.0 Å². The molecule has 11 nitrogen and oxygen atoms in total. The van der Waals surface area contributed by atoms with Crippen LogP contribution in [-0.4, -0.2) is 35.4 Å². The molecule has 0 unspecified atom stereocenters. The van der Waals surface area contributed by atoms with Crippen molar-refractivity contribution in [3.8, 4) is 5.75 Å². The minimum absolute atomic E-state index is 0.0791. The van der Waals surface area contributed by atoms with E-state index in [1.807, 2.05) is 0 Å². The Morgan fingerprint density at radius 3 is 2.56 bits per heavy atom. The maximum Gasteiger partial charge on any atom is 0.482 e. The quantitative estimate of drug-likeness (QED) is 0.310. The molecule has 39 heavy (non-hydrogen) atoms. The van der Waals surface area contributed by atoms with E-state index in [1.165, 1.54) is 42.6 Å². The Morgan fingerprint density at radius 1 is 1.03 bits per heavy atom. The number of anilines is 5. The summed E-state index contributed by atoms with van der Waals surface area (Å²) >= 11 is 0. The van der Waals surface area contributed by atoms with Crippen LogP contribution in [0.3, 0.4) is 0 Å². The van der Waals surface area contributed by atoms with Gasteiger partial charge in [0.05, 0.1) is 22.8 Å². The molecule has 0 spiro atoms. The van der Waals surface area contributed by atoms with Crippen LogP contribution in [0.15, 0.2) is 78.0 Å². The summed E-state index contributed by atoms with van der Waals surface area (Å²) in [6.45, 7) is 1.57. The number of nitrogens with one attached hydrogen (secondary N) is 2. The molecule has 0 saturated heterocycles. The van der Waals surface area contributed by atoms with Crippen LogP contribution in [0.2, 0.25) is 0 Å². The molecule has 14 heteroatoms. The van der Waals surface area contributed by atoms with Gasteiger partial charge in [0, 0.05) is 29.3 Å². The van der Waals surface area contributed by atoms with Gasteiger partial charge in [-0.1, -0.05) is 12.1 Å². The zero-order valence-electron chi connectivity index (χ0n) is 20.3. The van der Waals surface area contributed by atoms with Crippen molar-refractivity contribution in [3.05, 3.63) is 84.3 Å². The van der Waals surface area contributed by atoms with Crippen LogP contribution in [0.25, 0.3) is 0 Å². The number of rotatable bonds is 7. The van der Waals surface area contributed by atoms with Crippen LogP contribution in [0.1, 0.15) is 11.3 Å². The highest BCUT2D eigenvalue weighted by Crippen LogP contribution is 2.42. The summed E-state index contributed by atoms with van der Waals surface area (Å²) in [5.41, 5.74) is 2.03. The number of pyridine rings is 1. The van der Waals surface area contributed by atoms with Gasteiger partial charge in [-0.25, -0.2) is 18.5 Å². The number of sulfonamides is 1. The summed E-state index contributed by atoms with van der Waals surface area (Å²) in [7, 11) is -3.90. The smallest absolute Gasteiger partial charge is 0.423 e. The van der Waals surface area contributed by atoms with Crippen molar-refractivity contribution in [2.45, 2.75) is 24.5 Å². The van der Waals surface area contributed by atoms with E-state index < -0.39 is 22.0 Å². The highest BCUT2D eigenvalue weighted by atomic mass is 32.2. The van der Waals surface area contributed by atoms with Crippen LogP contribution in [0.4, 0.5) is 37.6 Å². The molecular weight excluding hydrogens is 532 g/mol. The van der Waals surface area contributed by atoms with Crippen LogP contribution in [0.5, 0.6) is 5.75 Å². The van der Waals surface area contributed by atoms with Gasteiger partial charge < -0.3 is 15.4 Å². The van der Waals surface area contributed by atoms with Crippen molar-refractivity contribution in [3.63, 3.8) is 0 Å². The molecular formula is C25H21F2N7O4S. The molecule has 0 bridgehead atoms. The second-order valence-electron chi connectivity index (χ2n) is 8.56. The largest absolute Gasteiger partial charge is 0.482 e. The molecule has 1 aliphatic heterocycles. The predicted molar refractivity (Wildman–Crippen MR) is 139 cm³/mol. The number of carbonyl (C=O) groups is 1.